The summed E-state index contributed by atoms with van der Waals surface area (Å²) < 4.78 is 0. The Morgan fingerprint density at radius 1 is 1.00 bits per heavy atom. The molecule has 0 radical (unpaired) electrons. The molecule has 0 fully saturated rings. The van der Waals surface area contributed by atoms with Crippen molar-refractivity contribution in [2.24, 2.45) is 0 Å². The summed E-state index contributed by atoms with van der Waals surface area (Å²) in [5.74, 6) is 0. The van der Waals surface area contributed by atoms with Gasteiger partial charge in [-0.05, 0) is 6.26 Å². The van der Waals surface area contributed by atoms with E-state index < -0.39 is 0 Å². The van der Waals surface area contributed by atoms with Crippen LogP contribution in [0.5, 0.6) is 0 Å². The van der Waals surface area contributed by atoms with E-state index in [0.29, 0.717) is 0 Å². The van der Waals surface area contributed by atoms with Crippen LogP contribution in [-0.4, -0.2) is 11.5 Å². The molecule has 0 aliphatic rings. The van der Waals surface area contributed by atoms with E-state index in [2.05, 4.69) is 47.1 Å². The Labute approximate surface area is 99.7 Å². The molecule has 0 N–H and O–H groups in total. The summed E-state index contributed by atoms with van der Waals surface area (Å²) in [7, 11) is 3.73. The molecule has 0 aliphatic carbocycles. The number of hydrogen-bond acceptors (Lipinski definition) is 2. The van der Waals surface area contributed by atoms with Crippen molar-refractivity contribution in [1.82, 2.24) is 0 Å². The summed E-state index contributed by atoms with van der Waals surface area (Å²) in [4.78, 5) is 0. The minimum absolute atomic E-state index is 0.778. The van der Waals surface area contributed by atoms with Gasteiger partial charge in [-0.3, -0.25) is 0 Å². The first-order chi connectivity index (χ1) is 6.68. The molecule has 0 saturated heterocycles. The predicted molar refractivity (Wildman–Crippen MR) is 77.3 cm³/mol. The average molecular weight is 236 g/mol. The minimum atomic E-state index is 0.778. The van der Waals surface area contributed by atoms with Crippen molar-refractivity contribution in [2.75, 3.05) is 6.26 Å². The van der Waals surface area contributed by atoms with Gasteiger partial charge in [0.1, 0.15) is 0 Å². The smallest absolute Gasteiger partial charge is 0.00943 e. The minimum Gasteiger partial charge on any atom is -0.106 e. The van der Waals surface area contributed by atoms with Crippen molar-refractivity contribution in [3.63, 3.8) is 0 Å². The molecule has 0 unspecified atom stereocenters. The van der Waals surface area contributed by atoms with Gasteiger partial charge in [-0.2, -0.15) is 0 Å². The Balaban J connectivity index is -0.000000147. The fraction of sp³-hybridized carbons (Fsp3) is 0.833. The molecule has 0 bridgehead atoms. The molecule has 0 atom stereocenters. The summed E-state index contributed by atoms with van der Waals surface area (Å²) in [6.45, 7) is 14.9. The van der Waals surface area contributed by atoms with Gasteiger partial charge in [0.2, 0.25) is 0 Å². The second-order valence-corrected chi connectivity index (χ2v) is 6.06. The number of unbranched alkanes of at least 4 members (excludes halogenated alkanes) is 3. The highest BCUT2D eigenvalue weighted by molar-refractivity contribution is 8.76. The lowest BCUT2D eigenvalue weighted by atomic mass is 10.2. The summed E-state index contributed by atoms with van der Waals surface area (Å²) in [5.41, 5.74) is 0. The van der Waals surface area contributed by atoms with E-state index in [1.54, 1.807) is 0 Å². The molecule has 0 aromatic heterocycles. The van der Waals surface area contributed by atoms with Crippen molar-refractivity contribution >= 4 is 21.6 Å². The van der Waals surface area contributed by atoms with Gasteiger partial charge in [0.15, 0.2) is 0 Å². The van der Waals surface area contributed by atoms with Crippen LogP contribution >= 0.6 is 21.6 Å². The van der Waals surface area contributed by atoms with Gasteiger partial charge in [0.25, 0.3) is 0 Å². The van der Waals surface area contributed by atoms with Crippen LogP contribution in [0.15, 0.2) is 13.2 Å². The molecule has 0 aromatic carbocycles. The summed E-state index contributed by atoms with van der Waals surface area (Å²) >= 11 is 0. The van der Waals surface area contributed by atoms with Gasteiger partial charge in [-0.1, -0.05) is 75.0 Å². The molecular formula is C12H28S2. The Kier molecular flexibility index (Phi) is 33.2. The first-order valence-corrected chi connectivity index (χ1v) is 8.00. The monoisotopic (exact) mass is 236 g/mol. The van der Waals surface area contributed by atoms with Gasteiger partial charge in [0.05, 0.1) is 0 Å². The molecule has 2 heteroatoms. The highest BCUT2D eigenvalue weighted by atomic mass is 33.1. The maximum Gasteiger partial charge on any atom is 0.00943 e. The van der Waals surface area contributed by atoms with Crippen LogP contribution in [0.4, 0.5) is 0 Å². The van der Waals surface area contributed by atoms with E-state index in [9.17, 15) is 0 Å². The second-order valence-electron chi connectivity index (χ2n) is 3.02. The Morgan fingerprint density at radius 2 is 1.36 bits per heavy atom. The third-order valence-electron chi connectivity index (χ3n) is 1.25. The maximum absolute atomic E-state index is 3.00. The SMILES string of the molecule is C=C.CCCCCC.CSSC(C)C. The van der Waals surface area contributed by atoms with Crippen LogP contribution < -0.4 is 0 Å². The first-order valence-electron chi connectivity index (χ1n) is 5.38. The van der Waals surface area contributed by atoms with Gasteiger partial charge in [-0.15, -0.1) is 13.2 Å². The van der Waals surface area contributed by atoms with E-state index in [-0.39, 0.29) is 0 Å². The fourth-order valence-electron chi connectivity index (χ4n) is 0.692. The second kappa shape index (κ2) is 23.3. The lowest BCUT2D eigenvalue weighted by Gasteiger charge is -1.95. The van der Waals surface area contributed by atoms with E-state index >= 15 is 0 Å². The maximum atomic E-state index is 3.00. The van der Waals surface area contributed by atoms with Gasteiger partial charge in [0, 0.05) is 5.25 Å². The third kappa shape index (κ3) is 39.3. The molecule has 0 saturated carbocycles. The van der Waals surface area contributed by atoms with Crippen molar-refractivity contribution in [3.05, 3.63) is 13.2 Å². The topological polar surface area (TPSA) is 0 Å². The standard InChI is InChI=1S/C6H14.C4H10S2.C2H4/c1-3-5-6-4-2;1-4(2)6-5-3;1-2/h3-6H2,1-2H3;4H,1-3H3;1-2H2. The molecule has 0 heterocycles. The van der Waals surface area contributed by atoms with E-state index in [1.165, 1.54) is 25.7 Å². The van der Waals surface area contributed by atoms with Gasteiger partial charge >= 0.3 is 0 Å². The zero-order chi connectivity index (χ0) is 11.8. The molecule has 0 spiro atoms. The van der Waals surface area contributed by atoms with E-state index in [1.807, 2.05) is 21.6 Å². The normalized spacial score (nSPS) is 8.43. The van der Waals surface area contributed by atoms with Crippen LogP contribution in [0.1, 0.15) is 53.4 Å². The Bertz CT molecular complexity index is 68.7. The van der Waals surface area contributed by atoms with Crippen molar-refractivity contribution < 1.29 is 0 Å². The van der Waals surface area contributed by atoms with Crippen LogP contribution in [-0.2, 0) is 0 Å². The largest absolute Gasteiger partial charge is 0.106 e. The zero-order valence-electron chi connectivity index (χ0n) is 10.6. The predicted octanol–water partition coefficient (Wildman–Crippen LogP) is 5.79. The quantitative estimate of drug-likeness (QED) is 0.336. The van der Waals surface area contributed by atoms with Crippen molar-refractivity contribution in [1.29, 1.82) is 0 Å². The van der Waals surface area contributed by atoms with E-state index in [0.717, 1.165) is 5.25 Å². The molecule has 0 nitrogen and oxygen atoms in total. The Morgan fingerprint density at radius 3 is 1.43 bits per heavy atom. The molecular weight excluding hydrogens is 208 g/mol. The number of rotatable bonds is 5. The van der Waals surface area contributed by atoms with Crippen LogP contribution in [0, 0.1) is 0 Å². The summed E-state index contributed by atoms with van der Waals surface area (Å²) in [6.07, 6.45) is 7.64. The molecule has 0 amide bonds. The van der Waals surface area contributed by atoms with Crippen molar-refractivity contribution in [3.8, 4) is 0 Å². The molecule has 0 aromatic rings. The van der Waals surface area contributed by atoms with E-state index in [4.69, 9.17) is 0 Å². The molecule has 0 rings (SSSR count). The first kappa shape index (κ1) is 19.9. The van der Waals surface area contributed by atoms with Crippen LogP contribution in [0.3, 0.4) is 0 Å². The van der Waals surface area contributed by atoms with Crippen LogP contribution in [0.2, 0.25) is 0 Å². The summed E-state index contributed by atoms with van der Waals surface area (Å²) in [5, 5.41) is 0.778. The fourth-order valence-corrected chi connectivity index (χ4v) is 2.23. The lowest BCUT2D eigenvalue weighted by molar-refractivity contribution is 0.702. The van der Waals surface area contributed by atoms with Crippen molar-refractivity contribution in [2.45, 2.75) is 58.6 Å². The summed E-state index contributed by atoms with van der Waals surface area (Å²) in [6, 6.07) is 0. The molecule has 0 aliphatic heterocycles. The zero-order valence-corrected chi connectivity index (χ0v) is 12.3. The molecule has 14 heavy (non-hydrogen) atoms. The van der Waals surface area contributed by atoms with Gasteiger partial charge in [-0.25, -0.2) is 0 Å². The Hall–Kier alpha value is 0.440. The van der Waals surface area contributed by atoms with Gasteiger partial charge < -0.3 is 0 Å². The average Bonchev–Trinajstić information content (AvgIpc) is 2.18. The third-order valence-corrected chi connectivity index (χ3v) is 3.56. The highest BCUT2D eigenvalue weighted by Crippen LogP contribution is 2.21. The number of hydrogen-bond donors (Lipinski definition) is 0. The molecule has 88 valence electrons. The van der Waals surface area contributed by atoms with Crippen LogP contribution in [0.25, 0.3) is 0 Å². The lowest BCUT2D eigenvalue weighted by Crippen LogP contribution is -1.78. The highest BCUT2D eigenvalue weighted by Gasteiger charge is 1.86.